The van der Waals surface area contributed by atoms with Crippen LogP contribution in [0.2, 0.25) is 0 Å². The number of carboxylic acids is 1. The molecule has 5 nitrogen and oxygen atoms in total. The molecule has 0 aliphatic carbocycles. The van der Waals surface area contributed by atoms with Gasteiger partial charge in [0.25, 0.3) is 0 Å². The molecule has 1 saturated heterocycles. The minimum absolute atomic E-state index is 0.0595. The number of nitrogens with zero attached hydrogens (tertiary/aromatic N) is 1. The lowest BCUT2D eigenvalue weighted by atomic mass is 9.91. The van der Waals surface area contributed by atoms with E-state index in [1.807, 2.05) is 36.4 Å². The van der Waals surface area contributed by atoms with E-state index in [9.17, 15) is 9.59 Å². The lowest BCUT2D eigenvalue weighted by Crippen LogP contribution is -2.40. The first-order valence-electron chi connectivity index (χ1n) is 8.50. The fraction of sp³-hybridized carbons (Fsp3) is 0.300. The summed E-state index contributed by atoms with van der Waals surface area (Å²) in [4.78, 5) is 25.0. The van der Waals surface area contributed by atoms with Gasteiger partial charge in [-0.15, -0.1) is 0 Å². The van der Waals surface area contributed by atoms with Crippen molar-refractivity contribution < 1.29 is 14.7 Å². The summed E-state index contributed by atoms with van der Waals surface area (Å²) in [6.45, 7) is 1.24. The van der Waals surface area contributed by atoms with E-state index in [1.54, 1.807) is 4.90 Å². The first kappa shape index (κ1) is 17.0. The molecule has 1 aliphatic rings. The average molecular weight is 338 g/mol. The Morgan fingerprint density at radius 1 is 1.04 bits per heavy atom. The van der Waals surface area contributed by atoms with Gasteiger partial charge in [0.2, 0.25) is 0 Å². The number of carboxylic acid groups (broad SMARTS) is 1. The smallest absolute Gasteiger partial charge is 0.317 e. The number of amides is 2. The normalized spacial score (nSPS) is 16.8. The van der Waals surface area contributed by atoms with Gasteiger partial charge in [0.15, 0.2) is 0 Å². The SMILES string of the molecule is O=C(O)C1CCN(C(=O)NCC(c2ccccc2)c2ccccc2)C1. The van der Waals surface area contributed by atoms with E-state index < -0.39 is 11.9 Å². The zero-order valence-electron chi connectivity index (χ0n) is 14.0. The van der Waals surface area contributed by atoms with Crippen molar-refractivity contribution in [1.82, 2.24) is 10.2 Å². The number of urea groups is 1. The Balaban J connectivity index is 1.67. The van der Waals surface area contributed by atoms with Gasteiger partial charge in [-0.1, -0.05) is 60.7 Å². The average Bonchev–Trinajstić information content (AvgIpc) is 3.14. The van der Waals surface area contributed by atoms with Crippen LogP contribution in [0.15, 0.2) is 60.7 Å². The Hall–Kier alpha value is -2.82. The highest BCUT2D eigenvalue weighted by Crippen LogP contribution is 2.24. The van der Waals surface area contributed by atoms with Crippen LogP contribution in [0.5, 0.6) is 0 Å². The number of nitrogens with one attached hydrogen (secondary N) is 1. The van der Waals surface area contributed by atoms with Crippen molar-refractivity contribution in [2.45, 2.75) is 12.3 Å². The van der Waals surface area contributed by atoms with Crippen LogP contribution in [0.4, 0.5) is 4.79 Å². The first-order chi connectivity index (χ1) is 12.1. The summed E-state index contributed by atoms with van der Waals surface area (Å²) in [6.07, 6.45) is 0.517. The molecule has 25 heavy (non-hydrogen) atoms. The predicted octanol–water partition coefficient (Wildman–Crippen LogP) is 2.93. The van der Waals surface area contributed by atoms with Crippen molar-refractivity contribution in [1.29, 1.82) is 0 Å². The molecule has 1 aliphatic heterocycles. The highest BCUT2D eigenvalue weighted by Gasteiger charge is 2.31. The second-order valence-corrected chi connectivity index (χ2v) is 6.33. The predicted molar refractivity (Wildman–Crippen MR) is 95.4 cm³/mol. The third kappa shape index (κ3) is 4.18. The summed E-state index contributed by atoms with van der Waals surface area (Å²) in [6, 6.07) is 19.9. The van der Waals surface area contributed by atoms with Crippen LogP contribution in [-0.2, 0) is 4.79 Å². The number of likely N-dealkylation sites (tertiary alicyclic amines) is 1. The second-order valence-electron chi connectivity index (χ2n) is 6.33. The summed E-state index contributed by atoms with van der Waals surface area (Å²) in [5, 5.41) is 12.0. The maximum Gasteiger partial charge on any atom is 0.317 e. The zero-order valence-corrected chi connectivity index (χ0v) is 14.0. The minimum Gasteiger partial charge on any atom is -0.481 e. The van der Waals surface area contributed by atoms with E-state index in [1.165, 1.54) is 0 Å². The van der Waals surface area contributed by atoms with E-state index in [4.69, 9.17) is 5.11 Å². The molecule has 1 unspecified atom stereocenters. The summed E-state index contributed by atoms with van der Waals surface area (Å²) in [5.41, 5.74) is 2.28. The van der Waals surface area contributed by atoms with Crippen LogP contribution in [0.3, 0.4) is 0 Å². The monoisotopic (exact) mass is 338 g/mol. The first-order valence-corrected chi connectivity index (χ1v) is 8.50. The summed E-state index contributed by atoms with van der Waals surface area (Å²) in [7, 11) is 0. The van der Waals surface area contributed by atoms with Gasteiger partial charge in [0.1, 0.15) is 0 Å². The van der Waals surface area contributed by atoms with Crippen molar-refractivity contribution >= 4 is 12.0 Å². The zero-order chi connectivity index (χ0) is 17.6. The van der Waals surface area contributed by atoms with Crippen LogP contribution in [0.1, 0.15) is 23.5 Å². The Bertz CT molecular complexity index is 679. The summed E-state index contributed by atoms with van der Waals surface area (Å²) >= 11 is 0. The number of rotatable bonds is 5. The van der Waals surface area contributed by atoms with Crippen LogP contribution in [-0.4, -0.2) is 41.6 Å². The number of hydrogen-bond acceptors (Lipinski definition) is 2. The van der Waals surface area contributed by atoms with Crippen molar-refractivity contribution in [3.05, 3.63) is 71.8 Å². The lowest BCUT2D eigenvalue weighted by Gasteiger charge is -2.22. The number of benzene rings is 2. The number of carbonyl (C=O) groups excluding carboxylic acids is 1. The van der Waals surface area contributed by atoms with E-state index in [0.717, 1.165) is 11.1 Å². The fourth-order valence-electron chi connectivity index (χ4n) is 3.25. The molecule has 1 atom stereocenters. The van der Waals surface area contributed by atoms with Gasteiger partial charge in [0, 0.05) is 25.6 Å². The van der Waals surface area contributed by atoms with Crippen molar-refractivity contribution in [3.8, 4) is 0 Å². The van der Waals surface area contributed by atoms with Gasteiger partial charge in [-0.05, 0) is 17.5 Å². The van der Waals surface area contributed by atoms with Crippen molar-refractivity contribution in [2.24, 2.45) is 5.92 Å². The molecule has 2 aromatic carbocycles. The molecule has 0 spiro atoms. The molecule has 3 rings (SSSR count). The van der Waals surface area contributed by atoms with Gasteiger partial charge in [-0.3, -0.25) is 4.79 Å². The third-order valence-corrected chi connectivity index (χ3v) is 4.69. The van der Waals surface area contributed by atoms with Gasteiger partial charge >= 0.3 is 12.0 Å². The molecule has 2 N–H and O–H groups in total. The van der Waals surface area contributed by atoms with Crippen LogP contribution >= 0.6 is 0 Å². The second kappa shape index (κ2) is 7.83. The molecule has 0 saturated carbocycles. The molecule has 0 radical (unpaired) electrons. The molecule has 130 valence electrons. The lowest BCUT2D eigenvalue weighted by molar-refractivity contribution is -0.141. The molecule has 2 amide bonds. The standard InChI is InChI=1S/C20H22N2O3/c23-19(24)17-11-12-22(14-17)20(25)21-13-18(15-7-3-1-4-8-15)16-9-5-2-6-10-16/h1-10,17-18H,11-14H2,(H,21,25)(H,23,24). The van der Waals surface area contributed by atoms with Crippen LogP contribution < -0.4 is 5.32 Å². The Morgan fingerprint density at radius 2 is 1.60 bits per heavy atom. The van der Waals surface area contributed by atoms with E-state index in [-0.39, 0.29) is 18.5 Å². The van der Waals surface area contributed by atoms with Gasteiger partial charge in [-0.2, -0.15) is 0 Å². The Morgan fingerprint density at radius 3 is 2.08 bits per heavy atom. The van der Waals surface area contributed by atoms with Gasteiger partial charge < -0.3 is 15.3 Å². The van der Waals surface area contributed by atoms with Crippen molar-refractivity contribution in [3.63, 3.8) is 0 Å². The number of aliphatic carboxylic acids is 1. The Labute approximate surface area is 147 Å². The summed E-state index contributed by atoms with van der Waals surface area (Å²) < 4.78 is 0. The van der Waals surface area contributed by atoms with E-state index in [0.29, 0.717) is 19.5 Å². The molecule has 1 fully saturated rings. The van der Waals surface area contributed by atoms with E-state index in [2.05, 4.69) is 29.6 Å². The maximum atomic E-state index is 12.4. The highest BCUT2D eigenvalue weighted by molar-refractivity contribution is 5.77. The quantitative estimate of drug-likeness (QED) is 0.881. The van der Waals surface area contributed by atoms with Crippen molar-refractivity contribution in [2.75, 3.05) is 19.6 Å². The van der Waals surface area contributed by atoms with E-state index >= 15 is 0 Å². The molecule has 0 bridgehead atoms. The molecule has 1 heterocycles. The van der Waals surface area contributed by atoms with Crippen LogP contribution in [0.25, 0.3) is 0 Å². The molecule has 2 aromatic rings. The topological polar surface area (TPSA) is 69.6 Å². The molecular weight excluding hydrogens is 316 g/mol. The minimum atomic E-state index is -0.832. The van der Waals surface area contributed by atoms with Gasteiger partial charge in [0.05, 0.1) is 5.92 Å². The molecule has 5 heteroatoms. The molecular formula is C20H22N2O3. The third-order valence-electron chi connectivity index (χ3n) is 4.69. The largest absolute Gasteiger partial charge is 0.481 e. The van der Waals surface area contributed by atoms with Crippen LogP contribution in [0, 0.1) is 5.92 Å². The number of hydrogen-bond donors (Lipinski definition) is 2. The highest BCUT2D eigenvalue weighted by atomic mass is 16.4. The molecule has 0 aromatic heterocycles. The maximum absolute atomic E-state index is 12.4. The Kier molecular flexibility index (Phi) is 5.33. The van der Waals surface area contributed by atoms with Gasteiger partial charge in [-0.25, -0.2) is 4.79 Å². The number of carbonyl (C=O) groups is 2. The summed E-state index contributed by atoms with van der Waals surface area (Å²) in [5.74, 6) is -1.23. The fourth-order valence-corrected chi connectivity index (χ4v) is 3.25.